The largest absolute Gasteiger partial charge is 0.486 e. The fraction of sp³-hybridized carbons (Fsp3) is 0.476. The predicted octanol–water partition coefficient (Wildman–Crippen LogP) is 4.58. The van der Waals surface area contributed by atoms with E-state index < -0.39 is 12.1 Å². The first kappa shape index (κ1) is 22.3. The van der Waals surface area contributed by atoms with Gasteiger partial charge in [-0.05, 0) is 30.2 Å². The van der Waals surface area contributed by atoms with Crippen molar-refractivity contribution in [3.63, 3.8) is 0 Å². The molecule has 0 fully saturated rings. The Hall–Kier alpha value is -1.78. The number of benzene rings is 2. The number of esters is 1. The van der Waals surface area contributed by atoms with Crippen LogP contribution in [-0.2, 0) is 9.53 Å². The summed E-state index contributed by atoms with van der Waals surface area (Å²) in [6.45, 7) is 9.79. The highest BCUT2D eigenvalue weighted by Gasteiger charge is 2.29. The molecular formula is C21H30ClNO3. The van der Waals surface area contributed by atoms with Gasteiger partial charge in [-0.25, -0.2) is 0 Å². The van der Waals surface area contributed by atoms with Crippen LogP contribution in [0.2, 0.25) is 0 Å². The van der Waals surface area contributed by atoms with Crippen LogP contribution in [0.4, 0.5) is 0 Å². The quantitative estimate of drug-likeness (QED) is 0.715. The zero-order chi connectivity index (χ0) is 18.6. The smallest absolute Gasteiger partial charge is 0.323 e. The van der Waals surface area contributed by atoms with E-state index in [0.717, 1.165) is 16.5 Å². The third kappa shape index (κ3) is 5.36. The first-order valence-corrected chi connectivity index (χ1v) is 8.91. The normalized spacial score (nSPS) is 14.6. The molecule has 0 aromatic heterocycles. The van der Waals surface area contributed by atoms with Crippen molar-refractivity contribution in [1.82, 2.24) is 0 Å². The minimum atomic E-state index is -0.618. The van der Waals surface area contributed by atoms with E-state index in [0.29, 0.717) is 0 Å². The zero-order valence-electron chi connectivity index (χ0n) is 16.1. The highest BCUT2D eigenvalue weighted by atomic mass is 35.5. The van der Waals surface area contributed by atoms with Crippen molar-refractivity contribution in [2.45, 2.75) is 52.9 Å². The van der Waals surface area contributed by atoms with Crippen molar-refractivity contribution < 1.29 is 14.3 Å². The van der Waals surface area contributed by atoms with E-state index in [-0.39, 0.29) is 36.3 Å². The lowest BCUT2D eigenvalue weighted by Gasteiger charge is -2.29. The van der Waals surface area contributed by atoms with Crippen molar-refractivity contribution >= 4 is 29.1 Å². The van der Waals surface area contributed by atoms with Gasteiger partial charge in [0.25, 0.3) is 0 Å². The second-order valence-electron chi connectivity index (χ2n) is 7.22. The maximum absolute atomic E-state index is 12.2. The van der Waals surface area contributed by atoms with Crippen LogP contribution in [0.5, 0.6) is 5.75 Å². The van der Waals surface area contributed by atoms with Gasteiger partial charge in [-0.2, -0.15) is 0 Å². The molecule has 5 heteroatoms. The highest BCUT2D eigenvalue weighted by molar-refractivity contribution is 5.88. The Kier molecular flexibility index (Phi) is 8.38. The van der Waals surface area contributed by atoms with Gasteiger partial charge in [0.2, 0.25) is 0 Å². The SMILES string of the molecule is CC(C)[C@H](N)C(=O)O[C@@H](C)[C@H](Oc1cccc2ccccc12)C(C)C.Cl. The number of halogens is 1. The van der Waals surface area contributed by atoms with Crippen molar-refractivity contribution in [2.24, 2.45) is 17.6 Å². The van der Waals surface area contributed by atoms with E-state index in [1.165, 1.54) is 0 Å². The summed E-state index contributed by atoms with van der Waals surface area (Å²) in [5.74, 6) is 0.635. The summed E-state index contributed by atoms with van der Waals surface area (Å²) in [5, 5.41) is 2.17. The summed E-state index contributed by atoms with van der Waals surface area (Å²) in [4.78, 5) is 12.2. The lowest BCUT2D eigenvalue weighted by Crippen LogP contribution is -2.43. The molecule has 0 saturated carbocycles. The molecule has 26 heavy (non-hydrogen) atoms. The van der Waals surface area contributed by atoms with Gasteiger partial charge >= 0.3 is 5.97 Å². The van der Waals surface area contributed by atoms with Crippen LogP contribution in [0.25, 0.3) is 10.8 Å². The van der Waals surface area contributed by atoms with Crippen molar-refractivity contribution in [3.8, 4) is 5.75 Å². The van der Waals surface area contributed by atoms with Gasteiger partial charge in [0.1, 0.15) is 24.0 Å². The third-order valence-electron chi connectivity index (χ3n) is 4.42. The van der Waals surface area contributed by atoms with Crippen LogP contribution in [-0.4, -0.2) is 24.2 Å². The molecule has 0 bridgehead atoms. The fourth-order valence-corrected chi connectivity index (χ4v) is 2.82. The topological polar surface area (TPSA) is 61.6 Å². The van der Waals surface area contributed by atoms with E-state index in [4.69, 9.17) is 15.2 Å². The highest BCUT2D eigenvalue weighted by Crippen LogP contribution is 2.28. The molecule has 0 aliphatic heterocycles. The van der Waals surface area contributed by atoms with Gasteiger partial charge in [0, 0.05) is 5.39 Å². The van der Waals surface area contributed by atoms with Crippen LogP contribution in [0.15, 0.2) is 42.5 Å². The molecule has 0 saturated heterocycles. The molecule has 4 nitrogen and oxygen atoms in total. The van der Waals surface area contributed by atoms with Crippen LogP contribution in [0, 0.1) is 11.8 Å². The molecule has 2 N–H and O–H groups in total. The number of fused-ring (bicyclic) bond motifs is 1. The van der Waals surface area contributed by atoms with E-state index in [1.54, 1.807) is 0 Å². The molecule has 0 radical (unpaired) electrons. The molecule has 0 heterocycles. The summed E-state index contributed by atoms with van der Waals surface area (Å²) in [6, 6.07) is 13.4. The first-order valence-electron chi connectivity index (χ1n) is 8.91. The number of ether oxygens (including phenoxy) is 2. The average molecular weight is 380 g/mol. The molecule has 2 aromatic carbocycles. The molecule has 0 unspecified atom stereocenters. The Balaban J connectivity index is 0.00000338. The van der Waals surface area contributed by atoms with Crippen LogP contribution in [0.3, 0.4) is 0 Å². The lowest BCUT2D eigenvalue weighted by atomic mass is 10.0. The Morgan fingerprint density at radius 3 is 2.15 bits per heavy atom. The van der Waals surface area contributed by atoms with Gasteiger partial charge in [0.05, 0.1) is 0 Å². The average Bonchev–Trinajstić information content (AvgIpc) is 2.58. The maximum atomic E-state index is 12.2. The van der Waals surface area contributed by atoms with Crippen molar-refractivity contribution in [2.75, 3.05) is 0 Å². The minimum absolute atomic E-state index is 0. The molecule has 0 amide bonds. The minimum Gasteiger partial charge on any atom is -0.486 e. The van der Waals surface area contributed by atoms with Gasteiger partial charge < -0.3 is 15.2 Å². The summed E-state index contributed by atoms with van der Waals surface area (Å²) in [6.07, 6.45) is -0.648. The number of hydrogen-bond donors (Lipinski definition) is 1. The molecule has 3 atom stereocenters. The summed E-state index contributed by atoms with van der Waals surface area (Å²) < 4.78 is 11.9. The number of hydrogen-bond acceptors (Lipinski definition) is 4. The standard InChI is InChI=1S/C21H29NO3.ClH/c1-13(2)19(22)21(23)24-15(5)20(14(3)4)25-18-12-8-10-16-9-6-7-11-17(16)18;/h6-15,19-20H,22H2,1-5H3;1H/t15-,19-,20+;/m0./s1. The Bertz CT molecular complexity index is 712. The van der Waals surface area contributed by atoms with Gasteiger partial charge in [-0.15, -0.1) is 12.4 Å². The monoisotopic (exact) mass is 379 g/mol. The molecule has 0 aliphatic carbocycles. The third-order valence-corrected chi connectivity index (χ3v) is 4.42. The number of rotatable bonds is 7. The second-order valence-corrected chi connectivity index (χ2v) is 7.22. The van der Waals surface area contributed by atoms with E-state index in [2.05, 4.69) is 26.0 Å². The van der Waals surface area contributed by atoms with Gasteiger partial charge in [-0.3, -0.25) is 4.79 Å². The van der Waals surface area contributed by atoms with Crippen LogP contribution in [0.1, 0.15) is 34.6 Å². The van der Waals surface area contributed by atoms with Gasteiger partial charge in [0.15, 0.2) is 0 Å². The van der Waals surface area contributed by atoms with E-state index in [1.807, 2.05) is 51.1 Å². The predicted molar refractivity (Wildman–Crippen MR) is 109 cm³/mol. The molecule has 2 rings (SSSR count). The lowest BCUT2D eigenvalue weighted by molar-refractivity contribution is -0.156. The maximum Gasteiger partial charge on any atom is 0.323 e. The number of carbonyl (C=O) groups is 1. The Morgan fingerprint density at radius 2 is 1.54 bits per heavy atom. The Morgan fingerprint density at radius 1 is 0.923 bits per heavy atom. The van der Waals surface area contributed by atoms with Crippen LogP contribution >= 0.6 is 12.4 Å². The zero-order valence-corrected chi connectivity index (χ0v) is 17.0. The molecule has 0 aliphatic rings. The molecular weight excluding hydrogens is 350 g/mol. The van der Waals surface area contributed by atoms with Crippen molar-refractivity contribution in [3.05, 3.63) is 42.5 Å². The summed E-state index contributed by atoms with van der Waals surface area (Å²) in [5.41, 5.74) is 5.90. The first-order chi connectivity index (χ1) is 11.8. The number of carbonyl (C=O) groups excluding carboxylic acids is 1. The van der Waals surface area contributed by atoms with Crippen LogP contribution < -0.4 is 10.5 Å². The van der Waals surface area contributed by atoms with E-state index in [9.17, 15) is 4.79 Å². The van der Waals surface area contributed by atoms with Gasteiger partial charge in [-0.1, -0.05) is 64.1 Å². The summed E-state index contributed by atoms with van der Waals surface area (Å²) in [7, 11) is 0. The molecule has 144 valence electrons. The molecule has 2 aromatic rings. The van der Waals surface area contributed by atoms with E-state index >= 15 is 0 Å². The summed E-state index contributed by atoms with van der Waals surface area (Å²) >= 11 is 0. The molecule has 0 spiro atoms. The van der Waals surface area contributed by atoms with Crippen molar-refractivity contribution in [1.29, 1.82) is 0 Å². The Labute approximate surface area is 162 Å². The number of nitrogens with two attached hydrogens (primary N) is 1. The fourth-order valence-electron chi connectivity index (χ4n) is 2.82. The second kappa shape index (κ2) is 9.79.